The fourth-order valence-corrected chi connectivity index (χ4v) is 2.33. The normalized spacial score (nSPS) is 13.6. The van der Waals surface area contributed by atoms with Crippen LogP contribution in [0.4, 0.5) is 0 Å². The summed E-state index contributed by atoms with van der Waals surface area (Å²) in [4.78, 5) is 11.0. The molecule has 1 unspecified atom stereocenters. The number of hydrogen-bond acceptors (Lipinski definition) is 3. The van der Waals surface area contributed by atoms with Crippen LogP contribution >= 0.6 is 0 Å². The molecule has 0 heterocycles. The van der Waals surface area contributed by atoms with Crippen LogP contribution in [0.1, 0.15) is 36.1 Å². The van der Waals surface area contributed by atoms with Gasteiger partial charge >= 0.3 is 0 Å². The van der Waals surface area contributed by atoms with Gasteiger partial charge in [0.2, 0.25) is 5.91 Å². The quantitative estimate of drug-likeness (QED) is 0.792. The first-order valence-corrected chi connectivity index (χ1v) is 6.59. The van der Waals surface area contributed by atoms with Gasteiger partial charge in [-0.3, -0.25) is 9.35 Å². The van der Waals surface area contributed by atoms with E-state index in [0.29, 0.717) is 5.92 Å². The highest BCUT2D eigenvalue weighted by Gasteiger charge is 2.30. The van der Waals surface area contributed by atoms with Crippen molar-refractivity contribution in [1.29, 1.82) is 0 Å². The molecule has 0 saturated carbocycles. The molecule has 17 heavy (non-hydrogen) atoms. The lowest BCUT2D eigenvalue weighted by atomic mass is 10.0. The predicted octanol–water partition coefficient (Wildman–Crippen LogP) is 1.22. The molecular weight excluding hydrogens is 242 g/mol. The minimum absolute atomic E-state index is 0.171. The Morgan fingerprint density at radius 3 is 1.88 bits per heavy atom. The van der Waals surface area contributed by atoms with Crippen molar-refractivity contribution in [1.82, 2.24) is 0 Å². The smallest absolute Gasteiger partial charge is 0.281 e. The van der Waals surface area contributed by atoms with Gasteiger partial charge in [-0.25, -0.2) is 0 Å². The van der Waals surface area contributed by atoms with Gasteiger partial charge in [0.15, 0.2) is 5.25 Å². The van der Waals surface area contributed by atoms with Crippen molar-refractivity contribution in [3.63, 3.8) is 0 Å². The standard InChI is InChI=1S/C11H15NO4S/c1-7(2)8-3-5-9(6-4-8)10(11(12)13)17(14,15)16/h3-7,10H,1-2H3,(H2,12,13)(H,14,15,16). The maximum Gasteiger partial charge on any atom is 0.281 e. The molecule has 0 aliphatic heterocycles. The van der Waals surface area contributed by atoms with Gasteiger partial charge in [-0.05, 0) is 17.0 Å². The van der Waals surface area contributed by atoms with Gasteiger partial charge in [0.05, 0.1) is 0 Å². The molecule has 6 heteroatoms. The summed E-state index contributed by atoms with van der Waals surface area (Å²) >= 11 is 0. The fraction of sp³-hybridized carbons (Fsp3) is 0.364. The lowest BCUT2D eigenvalue weighted by molar-refractivity contribution is -0.117. The van der Waals surface area contributed by atoms with Crippen LogP contribution in [0.25, 0.3) is 0 Å². The van der Waals surface area contributed by atoms with Crippen molar-refractivity contribution in [2.75, 3.05) is 0 Å². The SMILES string of the molecule is CC(C)c1ccc(C(C(N)=O)S(=O)(=O)O)cc1. The van der Waals surface area contributed by atoms with Gasteiger partial charge in [-0.1, -0.05) is 38.1 Å². The fourth-order valence-electron chi connectivity index (χ4n) is 1.54. The molecule has 0 aliphatic carbocycles. The molecule has 0 aliphatic rings. The average molecular weight is 257 g/mol. The molecule has 0 aromatic heterocycles. The monoisotopic (exact) mass is 257 g/mol. The molecule has 1 aromatic rings. The largest absolute Gasteiger partial charge is 0.368 e. The van der Waals surface area contributed by atoms with Crippen molar-refractivity contribution >= 4 is 16.0 Å². The first-order valence-electron chi connectivity index (χ1n) is 5.09. The van der Waals surface area contributed by atoms with Crippen LogP contribution in [0.3, 0.4) is 0 Å². The molecule has 5 nitrogen and oxygen atoms in total. The van der Waals surface area contributed by atoms with Gasteiger partial charge < -0.3 is 5.73 Å². The highest BCUT2D eigenvalue weighted by atomic mass is 32.2. The van der Waals surface area contributed by atoms with Crippen LogP contribution in [-0.2, 0) is 14.9 Å². The maximum atomic E-state index is 11.0. The third kappa shape index (κ3) is 3.28. The number of hydrogen-bond donors (Lipinski definition) is 2. The van der Waals surface area contributed by atoms with E-state index in [1.807, 2.05) is 13.8 Å². The van der Waals surface area contributed by atoms with E-state index in [-0.39, 0.29) is 5.56 Å². The van der Waals surface area contributed by atoms with Crippen molar-refractivity contribution in [3.8, 4) is 0 Å². The van der Waals surface area contributed by atoms with Crippen molar-refractivity contribution in [3.05, 3.63) is 35.4 Å². The second-order valence-corrected chi connectivity index (χ2v) is 5.62. The van der Waals surface area contributed by atoms with Crippen LogP contribution in [-0.4, -0.2) is 18.9 Å². The lowest BCUT2D eigenvalue weighted by Gasteiger charge is -2.12. The van der Waals surface area contributed by atoms with Gasteiger partial charge in [0.25, 0.3) is 10.1 Å². The molecule has 94 valence electrons. The Morgan fingerprint density at radius 1 is 1.18 bits per heavy atom. The first kappa shape index (κ1) is 13.7. The number of amides is 1. The molecule has 3 N–H and O–H groups in total. The zero-order valence-electron chi connectivity index (χ0n) is 9.62. The Hall–Kier alpha value is -1.40. The number of nitrogens with two attached hydrogens (primary N) is 1. The summed E-state index contributed by atoms with van der Waals surface area (Å²) in [7, 11) is -4.52. The molecule has 0 fully saturated rings. The number of carbonyl (C=O) groups is 1. The summed E-state index contributed by atoms with van der Waals surface area (Å²) in [6.07, 6.45) is 0. The van der Waals surface area contributed by atoms with E-state index in [1.165, 1.54) is 12.1 Å². The second kappa shape index (κ2) is 4.85. The molecule has 1 aromatic carbocycles. The van der Waals surface area contributed by atoms with E-state index in [2.05, 4.69) is 0 Å². The van der Waals surface area contributed by atoms with E-state index in [4.69, 9.17) is 10.3 Å². The van der Waals surface area contributed by atoms with E-state index in [9.17, 15) is 13.2 Å². The summed E-state index contributed by atoms with van der Waals surface area (Å²) in [6.45, 7) is 3.98. The number of benzene rings is 1. The molecule has 0 spiro atoms. The topological polar surface area (TPSA) is 97.5 Å². The van der Waals surface area contributed by atoms with E-state index >= 15 is 0 Å². The van der Waals surface area contributed by atoms with Crippen molar-refractivity contribution in [2.45, 2.75) is 25.0 Å². The molecule has 0 radical (unpaired) electrons. The molecule has 1 amide bonds. The van der Waals surface area contributed by atoms with Crippen LogP contribution in [0, 0.1) is 0 Å². The summed E-state index contributed by atoms with van der Waals surface area (Å²) < 4.78 is 31.0. The Kier molecular flexibility index (Phi) is 3.90. The van der Waals surface area contributed by atoms with Crippen molar-refractivity contribution < 1.29 is 17.8 Å². The van der Waals surface area contributed by atoms with Gasteiger partial charge in [-0.15, -0.1) is 0 Å². The van der Waals surface area contributed by atoms with Gasteiger partial charge in [0, 0.05) is 0 Å². The molecule has 0 bridgehead atoms. The van der Waals surface area contributed by atoms with Crippen LogP contribution < -0.4 is 5.73 Å². The molecule has 0 saturated heterocycles. The Balaban J connectivity index is 3.18. The average Bonchev–Trinajstić information content (AvgIpc) is 2.15. The van der Waals surface area contributed by atoms with Crippen LogP contribution in [0.15, 0.2) is 24.3 Å². The lowest BCUT2D eigenvalue weighted by Crippen LogP contribution is -2.28. The minimum atomic E-state index is -4.52. The first-order chi connectivity index (χ1) is 7.73. The van der Waals surface area contributed by atoms with E-state index in [0.717, 1.165) is 5.56 Å². The highest BCUT2D eigenvalue weighted by molar-refractivity contribution is 7.86. The highest BCUT2D eigenvalue weighted by Crippen LogP contribution is 2.23. The summed E-state index contributed by atoms with van der Waals surface area (Å²) in [5, 5.41) is -1.70. The summed E-state index contributed by atoms with van der Waals surface area (Å²) in [5.41, 5.74) is 6.15. The van der Waals surface area contributed by atoms with Gasteiger partial charge in [-0.2, -0.15) is 8.42 Å². The maximum absolute atomic E-state index is 11.0. The number of primary amides is 1. The number of rotatable bonds is 4. The van der Waals surface area contributed by atoms with E-state index < -0.39 is 21.3 Å². The molecular formula is C11H15NO4S. The zero-order valence-corrected chi connectivity index (χ0v) is 10.4. The second-order valence-electron chi connectivity index (χ2n) is 4.12. The van der Waals surface area contributed by atoms with Crippen molar-refractivity contribution in [2.24, 2.45) is 5.73 Å². The predicted molar refractivity (Wildman–Crippen MR) is 64.0 cm³/mol. The number of carbonyl (C=O) groups excluding carboxylic acids is 1. The zero-order chi connectivity index (χ0) is 13.2. The van der Waals surface area contributed by atoms with Gasteiger partial charge in [0.1, 0.15) is 0 Å². The molecule has 1 rings (SSSR count). The Labute approximate surface area is 100 Å². The van der Waals surface area contributed by atoms with Crippen LogP contribution in [0.2, 0.25) is 0 Å². The molecule has 1 atom stereocenters. The minimum Gasteiger partial charge on any atom is -0.368 e. The van der Waals surface area contributed by atoms with Crippen LogP contribution in [0.5, 0.6) is 0 Å². The third-order valence-electron chi connectivity index (χ3n) is 2.46. The third-order valence-corrected chi connectivity index (χ3v) is 3.56. The summed E-state index contributed by atoms with van der Waals surface area (Å²) in [5.74, 6) is -0.799. The Bertz CT molecular complexity index is 505. The summed E-state index contributed by atoms with van der Waals surface area (Å²) in [6, 6.07) is 6.39. The van der Waals surface area contributed by atoms with E-state index in [1.54, 1.807) is 12.1 Å². The Morgan fingerprint density at radius 2 is 1.59 bits per heavy atom.